The number of fused-ring (bicyclic) bond motifs is 1. The van der Waals surface area contributed by atoms with Crippen molar-refractivity contribution in [2.75, 3.05) is 13.2 Å². The number of unbranched alkanes of at least 4 members (excludes halogenated alkanes) is 16. The summed E-state index contributed by atoms with van der Waals surface area (Å²) in [6.45, 7) is 9.92. The predicted molar refractivity (Wildman–Crippen MR) is 216 cm³/mol. The average Bonchev–Trinajstić information content (AvgIpc) is 3.56. The van der Waals surface area contributed by atoms with Gasteiger partial charge in [0.15, 0.2) is 0 Å². The van der Waals surface area contributed by atoms with Crippen molar-refractivity contribution in [3.8, 4) is 0 Å². The number of rotatable bonds is 30. The van der Waals surface area contributed by atoms with E-state index in [-0.39, 0.29) is 11.9 Å². The van der Waals surface area contributed by atoms with Crippen LogP contribution in [-0.2, 0) is 9.47 Å². The van der Waals surface area contributed by atoms with Crippen LogP contribution in [0.1, 0.15) is 203 Å². The first-order chi connectivity index (χ1) is 23.4. The lowest BCUT2D eigenvalue weighted by Crippen LogP contribution is -2.15. The van der Waals surface area contributed by atoms with Crippen molar-refractivity contribution >= 4 is 75.9 Å². The van der Waals surface area contributed by atoms with E-state index in [4.69, 9.17) is 9.47 Å². The van der Waals surface area contributed by atoms with Crippen molar-refractivity contribution in [3.63, 3.8) is 0 Å². The maximum absolute atomic E-state index is 13.5. The van der Waals surface area contributed by atoms with Gasteiger partial charge in [0.1, 0.15) is 11.1 Å². The van der Waals surface area contributed by atoms with Crippen molar-refractivity contribution in [1.82, 2.24) is 0 Å². The van der Waals surface area contributed by atoms with Crippen LogP contribution in [0.3, 0.4) is 0 Å². The molecular weight excluding hydrogens is 768 g/mol. The van der Waals surface area contributed by atoms with Crippen molar-refractivity contribution in [2.24, 2.45) is 11.8 Å². The molecule has 276 valence electrons. The average molecular weight is 835 g/mol. The van der Waals surface area contributed by atoms with E-state index in [9.17, 15) is 9.59 Å². The standard InChI is InChI=1S/C40H66Br2O4S2/c1-5-9-13-17-19-23-27-31(25-21-15-11-7-3)29-45-39(43)33-35-36(48-37(33)41)34(38(42)47-35)40(44)46-30-32(26-22-16-12-8-4)28-24-20-18-14-10-6-2/h31-32H,5-30H2,1-4H3. The third-order valence-corrected chi connectivity index (χ3v) is 13.5. The van der Waals surface area contributed by atoms with Gasteiger partial charge in [0.2, 0.25) is 0 Å². The number of carbonyl (C=O) groups excluding carboxylic acids is 2. The Hall–Kier alpha value is -0.440. The highest BCUT2D eigenvalue weighted by molar-refractivity contribution is 9.11. The third-order valence-electron chi connectivity index (χ3n) is 9.61. The third kappa shape index (κ3) is 16.7. The molecule has 0 aliphatic heterocycles. The first-order valence-corrected chi connectivity index (χ1v) is 22.8. The number of hydrogen-bond acceptors (Lipinski definition) is 6. The summed E-state index contributed by atoms with van der Waals surface area (Å²) in [5.74, 6) is 0.206. The summed E-state index contributed by atoms with van der Waals surface area (Å²) < 4.78 is 15.1. The molecule has 2 aromatic rings. The molecule has 0 amide bonds. The summed E-state index contributed by atoms with van der Waals surface area (Å²) in [6.07, 6.45) is 29.7. The van der Waals surface area contributed by atoms with Gasteiger partial charge < -0.3 is 9.47 Å². The Balaban J connectivity index is 2.04. The number of hydrogen-bond donors (Lipinski definition) is 0. The van der Waals surface area contributed by atoms with Crippen LogP contribution in [0.4, 0.5) is 0 Å². The van der Waals surface area contributed by atoms with Crippen LogP contribution in [0, 0.1) is 11.8 Å². The topological polar surface area (TPSA) is 52.6 Å². The van der Waals surface area contributed by atoms with Gasteiger partial charge in [-0.1, -0.05) is 156 Å². The van der Waals surface area contributed by atoms with Gasteiger partial charge in [-0.3, -0.25) is 0 Å². The normalized spacial score (nSPS) is 12.9. The van der Waals surface area contributed by atoms with Gasteiger partial charge in [-0.2, -0.15) is 0 Å². The minimum absolute atomic E-state index is 0.297. The summed E-state index contributed by atoms with van der Waals surface area (Å²) in [4.78, 5) is 27.1. The van der Waals surface area contributed by atoms with E-state index < -0.39 is 0 Å². The van der Waals surface area contributed by atoms with Crippen LogP contribution in [0.2, 0.25) is 0 Å². The molecule has 4 nitrogen and oxygen atoms in total. The first-order valence-electron chi connectivity index (χ1n) is 19.6. The Morgan fingerprint density at radius 1 is 0.479 bits per heavy atom. The van der Waals surface area contributed by atoms with E-state index in [1.807, 2.05) is 0 Å². The number of halogens is 2. The predicted octanol–water partition coefficient (Wildman–Crippen LogP) is 15.5. The summed E-state index contributed by atoms with van der Waals surface area (Å²) in [6, 6.07) is 0. The number of carbonyl (C=O) groups is 2. The summed E-state index contributed by atoms with van der Waals surface area (Å²) in [5, 5.41) is 0. The van der Waals surface area contributed by atoms with Gasteiger partial charge in [0.25, 0.3) is 0 Å². The van der Waals surface area contributed by atoms with E-state index >= 15 is 0 Å². The van der Waals surface area contributed by atoms with Crippen LogP contribution in [-0.4, -0.2) is 25.2 Å². The van der Waals surface area contributed by atoms with Crippen molar-refractivity contribution < 1.29 is 19.1 Å². The van der Waals surface area contributed by atoms with Crippen molar-refractivity contribution in [2.45, 2.75) is 182 Å². The largest absolute Gasteiger partial charge is 0.462 e. The minimum Gasteiger partial charge on any atom is -0.462 e. The van der Waals surface area contributed by atoms with E-state index in [1.54, 1.807) is 0 Å². The van der Waals surface area contributed by atoms with Crippen LogP contribution >= 0.6 is 54.5 Å². The van der Waals surface area contributed by atoms with E-state index in [0.717, 1.165) is 42.7 Å². The van der Waals surface area contributed by atoms with Crippen LogP contribution in [0.15, 0.2) is 7.57 Å². The molecule has 0 aliphatic carbocycles. The molecule has 8 heteroatoms. The molecule has 0 bridgehead atoms. The van der Waals surface area contributed by atoms with Crippen molar-refractivity contribution in [1.29, 1.82) is 0 Å². The van der Waals surface area contributed by atoms with Gasteiger partial charge in [0, 0.05) is 0 Å². The van der Waals surface area contributed by atoms with Crippen molar-refractivity contribution in [3.05, 3.63) is 18.7 Å². The molecule has 0 N–H and O–H groups in total. The van der Waals surface area contributed by atoms with Crippen LogP contribution in [0.5, 0.6) is 0 Å². The molecule has 0 saturated heterocycles. The van der Waals surface area contributed by atoms with Crippen LogP contribution < -0.4 is 0 Å². The lowest BCUT2D eigenvalue weighted by Gasteiger charge is -2.17. The van der Waals surface area contributed by atoms with Gasteiger partial charge in [-0.05, 0) is 69.4 Å². The van der Waals surface area contributed by atoms with Gasteiger partial charge in [0.05, 0.1) is 30.2 Å². The lowest BCUT2D eigenvalue weighted by molar-refractivity contribution is 0.0415. The molecule has 2 atom stereocenters. The molecule has 2 heterocycles. The summed E-state index contributed by atoms with van der Waals surface area (Å²) >= 11 is 10.2. The van der Waals surface area contributed by atoms with E-state index in [2.05, 4.69) is 59.6 Å². The molecule has 2 aromatic heterocycles. The fourth-order valence-corrected chi connectivity index (χ4v) is 10.8. The van der Waals surface area contributed by atoms with E-state index in [1.165, 1.54) is 151 Å². The number of ether oxygens (including phenoxy) is 2. The van der Waals surface area contributed by atoms with E-state index in [0.29, 0.717) is 36.2 Å². The molecule has 0 spiro atoms. The second kappa shape index (κ2) is 27.2. The fourth-order valence-electron chi connectivity index (χ4n) is 6.53. The molecular formula is C40H66Br2O4S2. The molecule has 2 unspecified atom stereocenters. The Morgan fingerprint density at radius 3 is 1.06 bits per heavy atom. The van der Waals surface area contributed by atoms with Crippen LogP contribution in [0.25, 0.3) is 9.40 Å². The molecule has 0 fully saturated rings. The minimum atomic E-state index is -0.297. The summed E-state index contributed by atoms with van der Waals surface area (Å²) in [7, 11) is 0. The second-order valence-corrected chi connectivity index (χ2v) is 18.6. The number of thiophene rings is 2. The van der Waals surface area contributed by atoms with Gasteiger partial charge >= 0.3 is 11.9 Å². The van der Waals surface area contributed by atoms with Gasteiger partial charge in [-0.15, -0.1) is 22.7 Å². The Bertz CT molecular complexity index is 1060. The maximum atomic E-state index is 13.5. The maximum Gasteiger partial charge on any atom is 0.341 e. The zero-order chi connectivity index (χ0) is 35.0. The van der Waals surface area contributed by atoms with Gasteiger partial charge in [-0.25, -0.2) is 9.59 Å². The Labute approximate surface area is 318 Å². The summed E-state index contributed by atoms with van der Waals surface area (Å²) in [5.41, 5.74) is 1.09. The molecule has 0 radical (unpaired) electrons. The molecule has 0 aromatic carbocycles. The number of esters is 2. The zero-order valence-corrected chi connectivity index (χ0v) is 35.5. The Morgan fingerprint density at radius 2 is 0.750 bits per heavy atom. The quantitative estimate of drug-likeness (QED) is 0.0581. The molecule has 0 saturated carbocycles. The smallest absolute Gasteiger partial charge is 0.341 e. The highest BCUT2D eigenvalue weighted by atomic mass is 79.9. The molecule has 0 aliphatic rings. The zero-order valence-electron chi connectivity index (χ0n) is 30.7. The molecule has 48 heavy (non-hydrogen) atoms. The molecule has 2 rings (SSSR count). The fraction of sp³-hybridized carbons (Fsp3) is 0.800. The Kier molecular flexibility index (Phi) is 24.8. The lowest BCUT2D eigenvalue weighted by atomic mass is 9.95. The monoisotopic (exact) mass is 832 g/mol. The second-order valence-electron chi connectivity index (χ2n) is 13.9. The first kappa shape index (κ1) is 43.7. The SMILES string of the molecule is CCCCCCCCC(CCCCCC)COC(=O)c1c(Br)sc2c(C(=O)OCC(CCCCCC)CCCCCCCC)c(Br)sc12. The highest BCUT2D eigenvalue weighted by Crippen LogP contribution is 2.46. The highest BCUT2D eigenvalue weighted by Gasteiger charge is 2.29.